The van der Waals surface area contributed by atoms with Crippen molar-refractivity contribution in [2.24, 2.45) is 0 Å². The molecule has 0 aliphatic carbocycles. The number of hydrogen-bond donors (Lipinski definition) is 1. The summed E-state index contributed by atoms with van der Waals surface area (Å²) in [6.07, 6.45) is 2.80. The Hall–Kier alpha value is -2.30. The number of halogens is 1. The lowest BCUT2D eigenvalue weighted by molar-refractivity contribution is 0.394. The molecule has 4 nitrogen and oxygen atoms in total. The molecule has 0 spiro atoms. The summed E-state index contributed by atoms with van der Waals surface area (Å²) in [7, 11) is 3.18. The number of nitrogens with zero attached hydrogens (tertiary/aromatic N) is 1. The minimum atomic E-state index is -0.345. The summed E-state index contributed by atoms with van der Waals surface area (Å²) in [6.45, 7) is 0.473. The van der Waals surface area contributed by atoms with Crippen LogP contribution in [0.1, 0.15) is 5.56 Å². The molecular formula is C14H15FN2O2. The highest BCUT2D eigenvalue weighted by Gasteiger charge is 2.02. The number of hydrogen-bond acceptors (Lipinski definition) is 4. The van der Waals surface area contributed by atoms with Crippen LogP contribution in [0.5, 0.6) is 11.5 Å². The van der Waals surface area contributed by atoms with E-state index in [0.717, 1.165) is 11.3 Å². The fourth-order valence-electron chi connectivity index (χ4n) is 1.67. The van der Waals surface area contributed by atoms with Crippen LogP contribution < -0.4 is 14.8 Å². The van der Waals surface area contributed by atoms with Crippen LogP contribution in [0.25, 0.3) is 0 Å². The fourth-order valence-corrected chi connectivity index (χ4v) is 1.67. The van der Waals surface area contributed by atoms with Crippen molar-refractivity contribution >= 4 is 5.69 Å². The van der Waals surface area contributed by atoms with Crippen LogP contribution in [-0.4, -0.2) is 19.2 Å². The summed E-state index contributed by atoms with van der Waals surface area (Å²) in [5.74, 6) is 1.04. The molecule has 0 unspecified atom stereocenters. The maximum Gasteiger partial charge on any atom is 0.141 e. The van der Waals surface area contributed by atoms with Crippen molar-refractivity contribution in [3.8, 4) is 11.5 Å². The highest BCUT2D eigenvalue weighted by molar-refractivity contribution is 5.53. The number of ether oxygens (including phenoxy) is 2. The zero-order valence-electron chi connectivity index (χ0n) is 10.8. The molecule has 19 heavy (non-hydrogen) atoms. The van der Waals surface area contributed by atoms with Crippen LogP contribution in [0, 0.1) is 5.82 Å². The first-order chi connectivity index (χ1) is 9.21. The lowest BCUT2D eigenvalue weighted by Gasteiger charge is -2.10. The Morgan fingerprint density at radius 2 is 1.74 bits per heavy atom. The Morgan fingerprint density at radius 3 is 2.32 bits per heavy atom. The zero-order valence-corrected chi connectivity index (χ0v) is 10.8. The summed E-state index contributed by atoms with van der Waals surface area (Å²) < 4.78 is 23.4. The van der Waals surface area contributed by atoms with Gasteiger partial charge in [0, 0.05) is 36.6 Å². The summed E-state index contributed by atoms with van der Waals surface area (Å²) in [5, 5.41) is 3.17. The summed E-state index contributed by atoms with van der Waals surface area (Å²) in [6, 6.07) is 6.91. The molecule has 0 atom stereocenters. The SMILES string of the molecule is COc1cc(NCc2cncc(F)c2)cc(OC)c1. The van der Waals surface area contributed by atoms with Crippen LogP contribution in [0.3, 0.4) is 0 Å². The number of nitrogens with one attached hydrogen (secondary N) is 1. The third-order valence-corrected chi connectivity index (χ3v) is 2.61. The van der Waals surface area contributed by atoms with E-state index in [-0.39, 0.29) is 5.82 Å². The highest BCUT2D eigenvalue weighted by atomic mass is 19.1. The quantitative estimate of drug-likeness (QED) is 0.899. The van der Waals surface area contributed by atoms with Crippen molar-refractivity contribution < 1.29 is 13.9 Å². The first-order valence-electron chi connectivity index (χ1n) is 5.77. The lowest BCUT2D eigenvalue weighted by Crippen LogP contribution is -2.01. The molecule has 0 amide bonds. The second kappa shape index (κ2) is 6.04. The summed E-state index contributed by atoms with van der Waals surface area (Å²) >= 11 is 0. The maximum atomic E-state index is 13.0. The Kier molecular flexibility index (Phi) is 4.18. The first-order valence-corrected chi connectivity index (χ1v) is 5.77. The van der Waals surface area contributed by atoms with E-state index in [9.17, 15) is 4.39 Å². The highest BCUT2D eigenvalue weighted by Crippen LogP contribution is 2.26. The Morgan fingerprint density at radius 1 is 1.05 bits per heavy atom. The van der Waals surface area contributed by atoms with Crippen LogP contribution in [0.2, 0.25) is 0 Å². The fraction of sp³-hybridized carbons (Fsp3) is 0.214. The molecule has 0 fully saturated rings. The Bertz CT molecular complexity index is 539. The third kappa shape index (κ3) is 3.58. The molecule has 1 aromatic heterocycles. The molecule has 1 aromatic carbocycles. The van der Waals surface area contributed by atoms with Gasteiger partial charge in [-0.25, -0.2) is 4.39 Å². The average molecular weight is 262 g/mol. The van der Waals surface area contributed by atoms with E-state index in [1.807, 2.05) is 12.1 Å². The molecule has 0 saturated heterocycles. The molecule has 0 radical (unpaired) electrons. The van der Waals surface area contributed by atoms with Gasteiger partial charge in [0.2, 0.25) is 0 Å². The van der Waals surface area contributed by atoms with Crippen LogP contribution in [0.15, 0.2) is 36.7 Å². The predicted octanol–water partition coefficient (Wildman–Crippen LogP) is 2.85. The minimum Gasteiger partial charge on any atom is -0.497 e. The molecule has 1 N–H and O–H groups in total. The van der Waals surface area contributed by atoms with Crippen molar-refractivity contribution in [3.63, 3.8) is 0 Å². The van der Waals surface area contributed by atoms with Gasteiger partial charge < -0.3 is 14.8 Å². The number of pyridine rings is 1. The second-order valence-corrected chi connectivity index (χ2v) is 3.97. The van der Waals surface area contributed by atoms with Crippen molar-refractivity contribution in [2.75, 3.05) is 19.5 Å². The number of aromatic nitrogens is 1. The van der Waals surface area contributed by atoms with Crippen LogP contribution in [0.4, 0.5) is 10.1 Å². The van der Waals surface area contributed by atoms with Gasteiger partial charge >= 0.3 is 0 Å². The molecule has 1 heterocycles. The minimum absolute atomic E-state index is 0.345. The lowest BCUT2D eigenvalue weighted by atomic mass is 10.2. The van der Waals surface area contributed by atoms with E-state index in [0.29, 0.717) is 18.0 Å². The van der Waals surface area contributed by atoms with Crippen molar-refractivity contribution in [1.82, 2.24) is 4.98 Å². The number of anilines is 1. The number of benzene rings is 1. The monoisotopic (exact) mass is 262 g/mol. The number of methoxy groups -OCH3 is 2. The molecular weight excluding hydrogens is 247 g/mol. The van der Waals surface area contributed by atoms with Gasteiger partial charge in [0.25, 0.3) is 0 Å². The van der Waals surface area contributed by atoms with E-state index in [1.54, 1.807) is 26.5 Å². The third-order valence-electron chi connectivity index (χ3n) is 2.61. The van der Waals surface area contributed by atoms with E-state index in [2.05, 4.69) is 10.3 Å². The topological polar surface area (TPSA) is 43.4 Å². The zero-order chi connectivity index (χ0) is 13.7. The molecule has 0 aliphatic heterocycles. The summed E-state index contributed by atoms with van der Waals surface area (Å²) in [5.41, 5.74) is 1.60. The van der Waals surface area contributed by atoms with Crippen LogP contribution in [-0.2, 0) is 6.54 Å². The van der Waals surface area contributed by atoms with Gasteiger partial charge in [-0.05, 0) is 11.6 Å². The maximum absolute atomic E-state index is 13.0. The summed E-state index contributed by atoms with van der Waals surface area (Å²) in [4.78, 5) is 3.80. The molecule has 0 aliphatic rings. The molecule has 100 valence electrons. The van der Waals surface area contributed by atoms with E-state index < -0.39 is 0 Å². The van der Waals surface area contributed by atoms with Gasteiger partial charge in [-0.1, -0.05) is 0 Å². The van der Waals surface area contributed by atoms with E-state index in [4.69, 9.17) is 9.47 Å². The van der Waals surface area contributed by atoms with Gasteiger partial charge in [-0.15, -0.1) is 0 Å². The Balaban J connectivity index is 2.10. The van der Waals surface area contributed by atoms with Gasteiger partial charge in [0.05, 0.1) is 20.4 Å². The standard InChI is InChI=1S/C14H15FN2O2/c1-18-13-4-12(5-14(6-13)19-2)17-8-10-3-11(15)9-16-7-10/h3-7,9,17H,8H2,1-2H3. The predicted molar refractivity (Wildman–Crippen MR) is 71.1 cm³/mol. The van der Waals surface area contributed by atoms with Gasteiger partial charge in [-0.3, -0.25) is 4.98 Å². The van der Waals surface area contributed by atoms with Gasteiger partial charge in [0.1, 0.15) is 17.3 Å². The molecule has 2 rings (SSSR count). The first kappa shape index (κ1) is 13.1. The Labute approximate surface area is 111 Å². The molecule has 2 aromatic rings. The van der Waals surface area contributed by atoms with Crippen LogP contribution >= 0.6 is 0 Å². The van der Waals surface area contributed by atoms with Gasteiger partial charge in [0.15, 0.2) is 0 Å². The molecule has 0 bridgehead atoms. The van der Waals surface area contributed by atoms with E-state index in [1.165, 1.54) is 12.3 Å². The molecule has 5 heteroatoms. The average Bonchev–Trinajstić information content (AvgIpc) is 2.44. The number of rotatable bonds is 5. The second-order valence-electron chi connectivity index (χ2n) is 3.97. The van der Waals surface area contributed by atoms with Crippen molar-refractivity contribution in [1.29, 1.82) is 0 Å². The largest absolute Gasteiger partial charge is 0.497 e. The van der Waals surface area contributed by atoms with Crippen molar-refractivity contribution in [2.45, 2.75) is 6.54 Å². The van der Waals surface area contributed by atoms with E-state index >= 15 is 0 Å². The van der Waals surface area contributed by atoms with Gasteiger partial charge in [-0.2, -0.15) is 0 Å². The smallest absolute Gasteiger partial charge is 0.141 e. The molecule has 0 saturated carbocycles. The normalized spacial score (nSPS) is 10.1. The van der Waals surface area contributed by atoms with Crippen molar-refractivity contribution in [3.05, 3.63) is 48.0 Å².